The maximum absolute atomic E-state index is 3.97. The molecule has 1 aromatic rings. The molecule has 2 aliphatic carbocycles. The Bertz CT molecular complexity index is 549. The van der Waals surface area contributed by atoms with Gasteiger partial charge in [-0.1, -0.05) is 58.7 Å². The molecule has 2 aliphatic rings. The number of halogens is 2. The van der Waals surface area contributed by atoms with E-state index in [4.69, 9.17) is 0 Å². The van der Waals surface area contributed by atoms with Crippen LogP contribution in [-0.4, -0.2) is 6.04 Å². The average molecular weight is 415 g/mol. The summed E-state index contributed by atoms with van der Waals surface area (Å²) in [7, 11) is 0. The first-order valence-corrected chi connectivity index (χ1v) is 9.53. The smallest absolute Gasteiger partial charge is 0.0306 e. The Morgan fingerprint density at radius 2 is 1.95 bits per heavy atom. The zero-order valence-corrected chi connectivity index (χ0v) is 16.5. The van der Waals surface area contributed by atoms with E-state index in [2.05, 4.69) is 83.1 Å². The van der Waals surface area contributed by atoms with Crippen LogP contribution < -0.4 is 5.32 Å². The third kappa shape index (κ3) is 2.64. The fourth-order valence-corrected chi connectivity index (χ4v) is 6.30. The molecule has 4 atom stereocenters. The van der Waals surface area contributed by atoms with E-state index in [1.807, 2.05) is 0 Å². The Hall–Kier alpha value is 0.140. The van der Waals surface area contributed by atoms with Crippen LogP contribution >= 0.6 is 31.9 Å². The van der Waals surface area contributed by atoms with Gasteiger partial charge in [-0.3, -0.25) is 0 Å². The van der Waals surface area contributed by atoms with E-state index in [1.54, 1.807) is 0 Å². The predicted octanol–water partition coefficient (Wildman–Crippen LogP) is 6.08. The van der Waals surface area contributed by atoms with Crippen molar-refractivity contribution in [2.24, 2.45) is 16.7 Å². The highest BCUT2D eigenvalue weighted by Gasteiger charge is 2.59. The van der Waals surface area contributed by atoms with Gasteiger partial charge in [0, 0.05) is 21.0 Å². The number of nitrogens with one attached hydrogen (secondary N) is 1. The van der Waals surface area contributed by atoms with Crippen molar-refractivity contribution in [2.45, 2.75) is 59.0 Å². The summed E-state index contributed by atoms with van der Waals surface area (Å²) < 4.78 is 2.31. The molecule has 0 aromatic heterocycles. The molecule has 1 nitrogen and oxygen atoms in total. The van der Waals surface area contributed by atoms with E-state index in [-0.39, 0.29) is 0 Å². The van der Waals surface area contributed by atoms with Crippen LogP contribution in [0.5, 0.6) is 0 Å². The minimum absolute atomic E-state index is 0.368. The Kier molecular flexibility index (Phi) is 4.08. The van der Waals surface area contributed by atoms with Crippen molar-refractivity contribution in [3.8, 4) is 0 Å². The van der Waals surface area contributed by atoms with Crippen LogP contribution in [0, 0.1) is 16.7 Å². The number of benzene rings is 1. The number of hydrogen-bond acceptors (Lipinski definition) is 1. The van der Waals surface area contributed by atoms with Gasteiger partial charge in [0.05, 0.1) is 0 Å². The highest BCUT2D eigenvalue weighted by Crippen LogP contribution is 2.62. The van der Waals surface area contributed by atoms with Crippen LogP contribution in [0.15, 0.2) is 27.1 Å². The van der Waals surface area contributed by atoms with Gasteiger partial charge in [-0.15, -0.1) is 0 Å². The lowest BCUT2D eigenvalue weighted by atomic mass is 9.68. The molecule has 1 aromatic carbocycles. The Morgan fingerprint density at radius 1 is 1.24 bits per heavy atom. The molecule has 3 rings (SSSR count). The maximum atomic E-state index is 3.97. The van der Waals surface area contributed by atoms with Crippen LogP contribution in [0.2, 0.25) is 0 Å². The van der Waals surface area contributed by atoms with E-state index in [1.165, 1.54) is 29.3 Å². The molecule has 0 heterocycles. The van der Waals surface area contributed by atoms with Crippen molar-refractivity contribution < 1.29 is 0 Å². The second-order valence-electron chi connectivity index (χ2n) is 7.90. The van der Waals surface area contributed by atoms with Gasteiger partial charge in [-0.25, -0.2) is 0 Å². The van der Waals surface area contributed by atoms with E-state index in [0.717, 1.165) is 10.4 Å². The first-order valence-electron chi connectivity index (χ1n) is 7.95. The summed E-state index contributed by atoms with van der Waals surface area (Å²) in [6, 6.07) is 7.46. The zero-order chi connectivity index (χ0) is 15.4. The van der Waals surface area contributed by atoms with E-state index in [9.17, 15) is 0 Å². The largest absolute Gasteiger partial charge is 0.306 e. The molecular weight excluding hydrogens is 390 g/mol. The normalized spacial score (nSPS) is 35.1. The number of hydrogen-bond donors (Lipinski definition) is 1. The lowest BCUT2D eigenvalue weighted by Gasteiger charge is -2.44. The number of rotatable bonds is 3. The fraction of sp³-hybridized carbons (Fsp3) is 0.667. The lowest BCUT2D eigenvalue weighted by molar-refractivity contribution is 0.100. The van der Waals surface area contributed by atoms with Crippen molar-refractivity contribution in [1.82, 2.24) is 5.32 Å². The molecule has 2 saturated carbocycles. The lowest BCUT2D eigenvalue weighted by Crippen LogP contribution is -2.51. The Balaban J connectivity index is 1.83. The molecule has 2 bridgehead atoms. The summed E-state index contributed by atoms with van der Waals surface area (Å²) in [5.74, 6) is 0.889. The molecule has 0 amide bonds. The van der Waals surface area contributed by atoms with Gasteiger partial charge in [0.1, 0.15) is 0 Å². The second-order valence-corrected chi connectivity index (χ2v) is 9.67. The zero-order valence-electron chi connectivity index (χ0n) is 13.3. The highest BCUT2D eigenvalue weighted by atomic mass is 79.9. The minimum Gasteiger partial charge on any atom is -0.306 e. The fourth-order valence-electron chi connectivity index (χ4n) is 4.91. The average Bonchev–Trinajstić information content (AvgIpc) is 2.85. The summed E-state index contributed by atoms with van der Waals surface area (Å²) in [5, 5.41) is 3.97. The molecule has 0 aliphatic heterocycles. The van der Waals surface area contributed by atoms with Crippen molar-refractivity contribution >= 4 is 31.9 Å². The molecule has 4 unspecified atom stereocenters. The van der Waals surface area contributed by atoms with Crippen molar-refractivity contribution in [3.05, 3.63) is 32.7 Å². The maximum Gasteiger partial charge on any atom is 0.0306 e. The summed E-state index contributed by atoms with van der Waals surface area (Å²) >= 11 is 7.25. The third-order valence-electron chi connectivity index (χ3n) is 6.12. The van der Waals surface area contributed by atoms with Gasteiger partial charge in [0.15, 0.2) is 0 Å². The highest BCUT2D eigenvalue weighted by molar-refractivity contribution is 9.11. The van der Waals surface area contributed by atoms with Crippen LogP contribution in [-0.2, 0) is 0 Å². The quantitative estimate of drug-likeness (QED) is 0.631. The third-order valence-corrected chi connectivity index (χ3v) is 7.30. The summed E-state index contributed by atoms with van der Waals surface area (Å²) in [4.78, 5) is 0. The first-order chi connectivity index (χ1) is 9.74. The molecule has 21 heavy (non-hydrogen) atoms. The van der Waals surface area contributed by atoms with Crippen molar-refractivity contribution in [2.75, 3.05) is 0 Å². The van der Waals surface area contributed by atoms with Gasteiger partial charge >= 0.3 is 0 Å². The molecule has 1 N–H and O–H groups in total. The molecule has 0 spiro atoms. The monoisotopic (exact) mass is 413 g/mol. The van der Waals surface area contributed by atoms with Gasteiger partial charge in [0.2, 0.25) is 0 Å². The van der Waals surface area contributed by atoms with Gasteiger partial charge in [0.25, 0.3) is 0 Å². The van der Waals surface area contributed by atoms with E-state index in [0.29, 0.717) is 22.9 Å². The van der Waals surface area contributed by atoms with Crippen LogP contribution in [0.3, 0.4) is 0 Å². The minimum atomic E-state index is 0.368. The molecule has 2 fully saturated rings. The molecular formula is C18H25Br2N. The molecule has 3 heteroatoms. The topological polar surface area (TPSA) is 12.0 Å². The Morgan fingerprint density at radius 3 is 2.52 bits per heavy atom. The van der Waals surface area contributed by atoms with Crippen molar-refractivity contribution in [1.29, 1.82) is 0 Å². The van der Waals surface area contributed by atoms with Crippen molar-refractivity contribution in [3.63, 3.8) is 0 Å². The molecule has 116 valence electrons. The van der Waals surface area contributed by atoms with Crippen LogP contribution in [0.25, 0.3) is 0 Å². The Labute approximate surface area is 145 Å². The predicted molar refractivity (Wildman–Crippen MR) is 96.4 cm³/mol. The van der Waals surface area contributed by atoms with Crippen LogP contribution in [0.4, 0.5) is 0 Å². The first kappa shape index (κ1) is 16.0. The summed E-state index contributed by atoms with van der Waals surface area (Å²) in [5.41, 5.74) is 2.23. The summed E-state index contributed by atoms with van der Waals surface area (Å²) in [6.45, 7) is 9.70. The number of fused-ring (bicyclic) bond motifs is 2. The van der Waals surface area contributed by atoms with E-state index >= 15 is 0 Å². The second kappa shape index (κ2) is 5.35. The molecule has 0 saturated heterocycles. The SMILES string of the molecule is CC(NC1C2(C)CCC(C2)C1(C)C)c1ccc(Br)cc1Br. The van der Waals surface area contributed by atoms with Crippen LogP contribution in [0.1, 0.15) is 58.6 Å². The van der Waals surface area contributed by atoms with E-state index < -0.39 is 0 Å². The van der Waals surface area contributed by atoms with Gasteiger partial charge < -0.3 is 5.32 Å². The standard InChI is InChI=1S/C18H25Br2N/c1-11(14-6-5-13(19)9-15(14)20)21-16-17(2,3)12-7-8-18(16,4)10-12/h5-6,9,11-12,16,21H,7-8,10H2,1-4H3. The molecule has 0 radical (unpaired) electrons. The van der Waals surface area contributed by atoms with Gasteiger partial charge in [-0.05, 0) is 60.6 Å². The summed E-state index contributed by atoms with van der Waals surface area (Å²) in [6.07, 6.45) is 4.19. The van der Waals surface area contributed by atoms with Gasteiger partial charge in [-0.2, -0.15) is 0 Å².